The van der Waals surface area contributed by atoms with Gasteiger partial charge in [0.25, 0.3) is 0 Å². The molecule has 0 spiro atoms. The second-order valence-corrected chi connectivity index (χ2v) is 6.43. The summed E-state index contributed by atoms with van der Waals surface area (Å²) in [4.78, 5) is 11.2. The quantitative estimate of drug-likeness (QED) is 0.582. The van der Waals surface area contributed by atoms with Crippen molar-refractivity contribution in [2.45, 2.75) is 40.2 Å². The molecule has 0 saturated carbocycles. The average Bonchev–Trinajstić information content (AvgIpc) is 2.74. The summed E-state index contributed by atoms with van der Waals surface area (Å²) < 4.78 is 0. The third-order valence-corrected chi connectivity index (χ3v) is 4.40. The lowest BCUT2D eigenvalue weighted by Gasteiger charge is -2.16. The number of nitrogens with zero attached hydrogens (tertiary/aromatic N) is 2. The molecule has 0 atom stereocenters. The van der Waals surface area contributed by atoms with Crippen LogP contribution in [0.5, 0.6) is 0 Å². The van der Waals surface area contributed by atoms with Crippen molar-refractivity contribution in [3.05, 3.63) is 33.3 Å². The predicted molar refractivity (Wildman–Crippen MR) is 85.1 cm³/mol. The molecule has 0 unspecified atom stereocenters. The third-order valence-electron chi connectivity index (χ3n) is 3.25. The van der Waals surface area contributed by atoms with Crippen molar-refractivity contribution in [2.24, 2.45) is 5.84 Å². The van der Waals surface area contributed by atoms with Gasteiger partial charge in [-0.25, -0.2) is 15.8 Å². The first-order valence-corrected chi connectivity index (χ1v) is 7.45. The van der Waals surface area contributed by atoms with Crippen LogP contribution in [0.1, 0.15) is 40.6 Å². The van der Waals surface area contributed by atoms with Crippen molar-refractivity contribution in [3.8, 4) is 0 Å². The van der Waals surface area contributed by atoms with E-state index in [1.54, 1.807) is 0 Å². The first-order valence-electron chi connectivity index (χ1n) is 6.64. The van der Waals surface area contributed by atoms with E-state index < -0.39 is 0 Å². The summed E-state index contributed by atoms with van der Waals surface area (Å²) >= 11 is 1.81. The lowest BCUT2D eigenvalue weighted by molar-refractivity contribution is 0.845. The van der Waals surface area contributed by atoms with Gasteiger partial charge in [-0.1, -0.05) is 13.8 Å². The second-order valence-electron chi connectivity index (χ2n) is 5.09. The molecule has 2 heterocycles. The molecule has 0 fully saturated rings. The number of aromatic nitrogens is 2. The van der Waals surface area contributed by atoms with Crippen molar-refractivity contribution >= 4 is 23.0 Å². The lowest BCUT2D eigenvalue weighted by atomic mass is 10.0. The summed E-state index contributed by atoms with van der Waals surface area (Å²) in [7, 11) is 0. The van der Waals surface area contributed by atoms with Crippen LogP contribution >= 0.6 is 11.3 Å². The Labute approximate surface area is 123 Å². The van der Waals surface area contributed by atoms with Crippen molar-refractivity contribution in [1.82, 2.24) is 9.97 Å². The van der Waals surface area contributed by atoms with E-state index in [0.29, 0.717) is 5.82 Å². The minimum Gasteiger partial charge on any atom is -0.365 e. The SMILES string of the molecule is Cc1cc(CNc2ncnc(NN)c2C(C)C)sc1C. The number of hydrazine groups is 1. The maximum atomic E-state index is 5.52. The van der Waals surface area contributed by atoms with E-state index in [1.807, 2.05) is 11.3 Å². The van der Waals surface area contributed by atoms with Gasteiger partial charge in [-0.3, -0.25) is 0 Å². The Morgan fingerprint density at radius 3 is 2.50 bits per heavy atom. The molecule has 0 bridgehead atoms. The summed E-state index contributed by atoms with van der Waals surface area (Å²) in [6, 6.07) is 2.21. The molecule has 108 valence electrons. The number of anilines is 2. The molecule has 0 aliphatic carbocycles. The molecule has 2 aromatic rings. The number of rotatable bonds is 5. The standard InChI is InChI=1S/C14H21N5S/c1-8(2)12-13(17-7-18-14(12)19-15)16-6-11-5-9(3)10(4)20-11/h5,7-8H,6,15H2,1-4H3,(H2,16,17,18,19). The van der Waals surface area contributed by atoms with Crippen LogP contribution in [0, 0.1) is 13.8 Å². The maximum Gasteiger partial charge on any atom is 0.148 e. The van der Waals surface area contributed by atoms with Crippen molar-refractivity contribution in [2.75, 3.05) is 10.7 Å². The smallest absolute Gasteiger partial charge is 0.148 e. The van der Waals surface area contributed by atoms with E-state index in [-0.39, 0.29) is 5.92 Å². The number of nitrogens with one attached hydrogen (secondary N) is 2. The lowest BCUT2D eigenvalue weighted by Crippen LogP contribution is -2.14. The van der Waals surface area contributed by atoms with Crippen molar-refractivity contribution < 1.29 is 0 Å². The molecular formula is C14H21N5S. The summed E-state index contributed by atoms with van der Waals surface area (Å²) in [5, 5.41) is 3.39. The topological polar surface area (TPSA) is 75.9 Å². The van der Waals surface area contributed by atoms with Gasteiger partial charge >= 0.3 is 0 Å². The molecule has 0 aliphatic heterocycles. The van der Waals surface area contributed by atoms with Gasteiger partial charge in [0, 0.05) is 15.3 Å². The van der Waals surface area contributed by atoms with Crippen LogP contribution in [0.2, 0.25) is 0 Å². The number of hydrogen-bond acceptors (Lipinski definition) is 6. The fraction of sp³-hybridized carbons (Fsp3) is 0.429. The van der Waals surface area contributed by atoms with E-state index in [0.717, 1.165) is 17.9 Å². The molecule has 0 saturated heterocycles. The van der Waals surface area contributed by atoms with Crippen LogP contribution in [0.15, 0.2) is 12.4 Å². The first kappa shape index (κ1) is 14.7. The van der Waals surface area contributed by atoms with E-state index in [4.69, 9.17) is 5.84 Å². The van der Waals surface area contributed by atoms with Crippen LogP contribution in [-0.2, 0) is 6.54 Å². The zero-order chi connectivity index (χ0) is 14.7. The highest BCUT2D eigenvalue weighted by Gasteiger charge is 2.14. The molecule has 0 amide bonds. The van der Waals surface area contributed by atoms with Gasteiger partial charge in [-0.05, 0) is 31.4 Å². The Morgan fingerprint density at radius 1 is 1.25 bits per heavy atom. The molecule has 2 aromatic heterocycles. The Kier molecular flexibility index (Phi) is 4.57. The molecule has 0 radical (unpaired) electrons. The monoisotopic (exact) mass is 291 g/mol. The number of aryl methyl sites for hydroxylation is 2. The summed E-state index contributed by atoms with van der Waals surface area (Å²) in [5.74, 6) is 7.33. The third kappa shape index (κ3) is 3.08. The Hall–Kier alpha value is -1.66. The summed E-state index contributed by atoms with van der Waals surface area (Å²) in [5.41, 5.74) is 4.99. The van der Waals surface area contributed by atoms with Crippen LogP contribution in [0.25, 0.3) is 0 Å². The minimum atomic E-state index is 0.288. The summed E-state index contributed by atoms with van der Waals surface area (Å²) in [6.07, 6.45) is 1.52. The molecule has 2 rings (SSSR count). The molecule has 4 N–H and O–H groups in total. The van der Waals surface area contributed by atoms with Crippen LogP contribution in [0.3, 0.4) is 0 Å². The number of hydrogen-bond donors (Lipinski definition) is 3. The largest absolute Gasteiger partial charge is 0.365 e. The van der Waals surface area contributed by atoms with Gasteiger partial charge in [-0.2, -0.15) is 0 Å². The molecule has 0 aromatic carbocycles. The van der Waals surface area contributed by atoms with Gasteiger partial charge in [-0.15, -0.1) is 11.3 Å². The Morgan fingerprint density at radius 2 is 1.95 bits per heavy atom. The van der Waals surface area contributed by atoms with Crippen molar-refractivity contribution in [1.29, 1.82) is 0 Å². The molecule has 5 nitrogen and oxygen atoms in total. The highest BCUT2D eigenvalue weighted by Crippen LogP contribution is 2.28. The van der Waals surface area contributed by atoms with E-state index in [9.17, 15) is 0 Å². The fourth-order valence-corrected chi connectivity index (χ4v) is 3.10. The van der Waals surface area contributed by atoms with Gasteiger partial charge in [0.15, 0.2) is 0 Å². The van der Waals surface area contributed by atoms with Gasteiger partial charge in [0.1, 0.15) is 18.0 Å². The Bertz CT molecular complexity index is 572. The second kappa shape index (κ2) is 6.19. The highest BCUT2D eigenvalue weighted by atomic mass is 32.1. The number of nitrogen functional groups attached to an aromatic ring is 1. The van der Waals surface area contributed by atoms with E-state index >= 15 is 0 Å². The average molecular weight is 291 g/mol. The fourth-order valence-electron chi connectivity index (χ4n) is 2.11. The normalized spacial score (nSPS) is 10.9. The van der Waals surface area contributed by atoms with Crippen molar-refractivity contribution in [3.63, 3.8) is 0 Å². The van der Waals surface area contributed by atoms with E-state index in [1.165, 1.54) is 21.6 Å². The number of nitrogens with two attached hydrogens (primary N) is 1. The maximum absolute atomic E-state index is 5.52. The molecule has 6 heteroatoms. The van der Waals surface area contributed by atoms with Gasteiger partial charge in [0.05, 0.1) is 6.54 Å². The summed E-state index contributed by atoms with van der Waals surface area (Å²) in [6.45, 7) is 9.24. The minimum absolute atomic E-state index is 0.288. The highest BCUT2D eigenvalue weighted by molar-refractivity contribution is 7.12. The van der Waals surface area contributed by atoms with Gasteiger partial charge < -0.3 is 10.7 Å². The van der Waals surface area contributed by atoms with E-state index in [2.05, 4.69) is 54.5 Å². The van der Waals surface area contributed by atoms with Crippen LogP contribution in [0.4, 0.5) is 11.6 Å². The zero-order valence-corrected chi connectivity index (χ0v) is 13.1. The van der Waals surface area contributed by atoms with Crippen LogP contribution < -0.4 is 16.6 Å². The molecule has 20 heavy (non-hydrogen) atoms. The number of thiophene rings is 1. The predicted octanol–water partition coefficient (Wildman–Crippen LogP) is 3.18. The molecular weight excluding hydrogens is 270 g/mol. The first-order chi connectivity index (χ1) is 9.52. The zero-order valence-electron chi connectivity index (χ0n) is 12.3. The Balaban J connectivity index is 2.20. The van der Waals surface area contributed by atoms with Gasteiger partial charge in [0.2, 0.25) is 0 Å². The molecule has 0 aliphatic rings. The van der Waals surface area contributed by atoms with Crippen LogP contribution in [-0.4, -0.2) is 9.97 Å².